The first-order valence-electron chi connectivity index (χ1n) is 10.2. The van der Waals surface area contributed by atoms with E-state index >= 15 is 0 Å². The van der Waals surface area contributed by atoms with Crippen LogP contribution in [0.25, 0.3) is 11.0 Å². The summed E-state index contributed by atoms with van der Waals surface area (Å²) in [6.07, 6.45) is 2.66. The summed E-state index contributed by atoms with van der Waals surface area (Å²) in [4.78, 5) is 19.6. The smallest absolute Gasteiger partial charge is 0.223 e. The summed E-state index contributed by atoms with van der Waals surface area (Å²) >= 11 is 0. The Kier molecular flexibility index (Phi) is 4.96. The van der Waals surface area contributed by atoms with Gasteiger partial charge in [0.05, 0.1) is 11.0 Å². The number of fused-ring (bicyclic) bond motifs is 1. The van der Waals surface area contributed by atoms with Gasteiger partial charge >= 0.3 is 0 Å². The van der Waals surface area contributed by atoms with Gasteiger partial charge in [-0.05, 0) is 51.3 Å². The molecule has 0 N–H and O–H groups in total. The standard InChI is InChI=1S/C24H29N3O/c1-24(2,3)27-17-19(16-22(27)28)23-25-20-13-7-8-14-21(20)26(23)15-9-12-18-10-5-4-6-11-18/h4-8,10-11,13-14,19H,9,12,15-17H2,1-3H3/t19-/m1/s1. The van der Waals surface area contributed by atoms with E-state index in [2.05, 4.69) is 73.9 Å². The number of amides is 1. The van der Waals surface area contributed by atoms with Gasteiger partial charge in [0, 0.05) is 31.0 Å². The molecule has 0 unspecified atom stereocenters. The zero-order valence-corrected chi connectivity index (χ0v) is 17.1. The molecular weight excluding hydrogens is 346 g/mol. The van der Waals surface area contributed by atoms with Crippen molar-refractivity contribution in [3.63, 3.8) is 0 Å². The van der Waals surface area contributed by atoms with Crippen LogP contribution in [0.5, 0.6) is 0 Å². The van der Waals surface area contributed by atoms with Crippen molar-refractivity contribution in [1.82, 2.24) is 14.5 Å². The molecule has 1 aromatic heterocycles. The van der Waals surface area contributed by atoms with Crippen LogP contribution in [0.2, 0.25) is 0 Å². The van der Waals surface area contributed by atoms with Gasteiger partial charge in [0.25, 0.3) is 0 Å². The van der Waals surface area contributed by atoms with E-state index in [1.54, 1.807) is 0 Å². The summed E-state index contributed by atoms with van der Waals surface area (Å²) in [7, 11) is 0. The number of aromatic nitrogens is 2. The minimum absolute atomic E-state index is 0.143. The lowest BCUT2D eigenvalue weighted by Crippen LogP contribution is -2.42. The topological polar surface area (TPSA) is 38.1 Å². The highest BCUT2D eigenvalue weighted by Gasteiger charge is 2.38. The highest BCUT2D eigenvalue weighted by atomic mass is 16.2. The van der Waals surface area contributed by atoms with E-state index < -0.39 is 0 Å². The lowest BCUT2D eigenvalue weighted by molar-refractivity contribution is -0.131. The zero-order valence-electron chi connectivity index (χ0n) is 17.1. The molecule has 0 spiro atoms. The van der Waals surface area contributed by atoms with Crippen molar-refractivity contribution in [3.8, 4) is 0 Å². The van der Waals surface area contributed by atoms with Crippen molar-refractivity contribution in [3.05, 3.63) is 66.0 Å². The Balaban J connectivity index is 1.60. The van der Waals surface area contributed by atoms with Crippen molar-refractivity contribution in [2.45, 2.75) is 58.0 Å². The van der Waals surface area contributed by atoms with E-state index in [1.807, 2.05) is 11.0 Å². The molecule has 4 rings (SSSR count). The summed E-state index contributed by atoms with van der Waals surface area (Å²) in [5.74, 6) is 1.46. The Morgan fingerprint density at radius 1 is 1.04 bits per heavy atom. The molecule has 4 nitrogen and oxygen atoms in total. The van der Waals surface area contributed by atoms with Crippen LogP contribution in [-0.4, -0.2) is 32.4 Å². The Labute approximate surface area is 167 Å². The van der Waals surface area contributed by atoms with Crippen LogP contribution in [0, 0.1) is 0 Å². The summed E-state index contributed by atoms with van der Waals surface area (Å²) in [5.41, 5.74) is 3.42. The Morgan fingerprint density at radius 3 is 2.46 bits per heavy atom. The normalized spacial score (nSPS) is 17.6. The Bertz CT molecular complexity index is 968. The number of benzene rings is 2. The lowest BCUT2D eigenvalue weighted by atomic mass is 10.1. The average molecular weight is 376 g/mol. The molecule has 146 valence electrons. The first kappa shape index (κ1) is 18.7. The summed E-state index contributed by atoms with van der Waals surface area (Å²) in [5, 5.41) is 0. The summed E-state index contributed by atoms with van der Waals surface area (Å²) in [6.45, 7) is 8.00. The molecule has 4 heteroatoms. The number of carbonyl (C=O) groups excluding carboxylic acids is 1. The minimum atomic E-state index is -0.143. The van der Waals surface area contributed by atoms with Crippen molar-refractivity contribution < 1.29 is 4.79 Å². The third-order valence-corrected chi connectivity index (χ3v) is 5.67. The monoisotopic (exact) mass is 375 g/mol. The maximum absolute atomic E-state index is 12.6. The fourth-order valence-electron chi connectivity index (χ4n) is 4.26. The lowest BCUT2D eigenvalue weighted by Gasteiger charge is -2.32. The minimum Gasteiger partial charge on any atom is -0.337 e. The largest absolute Gasteiger partial charge is 0.337 e. The number of hydrogen-bond donors (Lipinski definition) is 0. The Hall–Kier alpha value is -2.62. The van der Waals surface area contributed by atoms with Crippen molar-refractivity contribution in [2.75, 3.05) is 6.54 Å². The molecule has 1 saturated heterocycles. The molecule has 0 radical (unpaired) electrons. The van der Waals surface area contributed by atoms with Gasteiger partial charge in [0.15, 0.2) is 0 Å². The highest BCUT2D eigenvalue weighted by molar-refractivity contribution is 5.81. The molecule has 2 heterocycles. The van der Waals surface area contributed by atoms with E-state index in [4.69, 9.17) is 4.98 Å². The number of likely N-dealkylation sites (tertiary alicyclic amines) is 1. The first-order chi connectivity index (χ1) is 13.4. The van der Waals surface area contributed by atoms with Crippen LogP contribution >= 0.6 is 0 Å². The molecule has 0 aliphatic carbocycles. The predicted molar refractivity (Wildman–Crippen MR) is 113 cm³/mol. The highest BCUT2D eigenvalue weighted by Crippen LogP contribution is 2.34. The molecule has 1 amide bonds. The molecule has 1 atom stereocenters. The number of para-hydroxylation sites is 2. The number of nitrogens with zero attached hydrogens (tertiary/aromatic N) is 3. The molecule has 0 bridgehead atoms. The first-order valence-corrected chi connectivity index (χ1v) is 10.2. The van der Waals surface area contributed by atoms with Gasteiger partial charge in [-0.2, -0.15) is 0 Å². The van der Waals surface area contributed by atoms with Gasteiger partial charge in [-0.15, -0.1) is 0 Å². The number of aryl methyl sites for hydroxylation is 2. The third-order valence-electron chi connectivity index (χ3n) is 5.67. The third kappa shape index (κ3) is 3.68. The van der Waals surface area contributed by atoms with Crippen molar-refractivity contribution in [1.29, 1.82) is 0 Å². The van der Waals surface area contributed by atoms with E-state index in [9.17, 15) is 4.79 Å². The maximum atomic E-state index is 12.6. The zero-order chi connectivity index (χ0) is 19.7. The molecule has 0 saturated carbocycles. The van der Waals surface area contributed by atoms with Crippen molar-refractivity contribution in [2.24, 2.45) is 0 Å². The van der Waals surface area contributed by atoms with Crippen molar-refractivity contribution >= 4 is 16.9 Å². The molecule has 28 heavy (non-hydrogen) atoms. The van der Waals surface area contributed by atoms with Crippen LogP contribution in [0.1, 0.15) is 50.9 Å². The second-order valence-electron chi connectivity index (χ2n) is 8.78. The van der Waals surface area contributed by atoms with E-state index in [0.717, 1.165) is 37.3 Å². The second kappa shape index (κ2) is 7.42. The molecule has 1 aliphatic heterocycles. The summed E-state index contributed by atoms with van der Waals surface area (Å²) < 4.78 is 2.35. The molecule has 1 fully saturated rings. The van der Waals surface area contributed by atoms with Crippen LogP contribution < -0.4 is 0 Å². The Morgan fingerprint density at radius 2 is 1.75 bits per heavy atom. The number of carbonyl (C=O) groups is 1. The predicted octanol–water partition coefficient (Wildman–Crippen LogP) is 4.78. The van der Waals surface area contributed by atoms with Gasteiger partial charge in [-0.1, -0.05) is 42.5 Å². The fraction of sp³-hybridized carbons (Fsp3) is 0.417. The summed E-state index contributed by atoms with van der Waals surface area (Å²) in [6, 6.07) is 18.9. The van der Waals surface area contributed by atoms with Gasteiger partial charge in [-0.3, -0.25) is 4.79 Å². The van der Waals surface area contributed by atoms with Gasteiger partial charge in [0.2, 0.25) is 5.91 Å². The number of hydrogen-bond acceptors (Lipinski definition) is 2. The SMILES string of the molecule is CC(C)(C)N1C[C@H](c2nc3ccccc3n2CCCc2ccccc2)CC1=O. The second-order valence-corrected chi connectivity index (χ2v) is 8.78. The van der Waals surface area contributed by atoms with Crippen LogP contribution in [0.4, 0.5) is 0 Å². The molecule has 3 aromatic rings. The quantitative estimate of drug-likeness (QED) is 0.643. The van der Waals surface area contributed by atoms with E-state index in [0.29, 0.717) is 6.42 Å². The molecule has 2 aromatic carbocycles. The number of rotatable bonds is 5. The number of imidazole rings is 1. The van der Waals surface area contributed by atoms with Crippen LogP contribution in [-0.2, 0) is 17.8 Å². The van der Waals surface area contributed by atoms with E-state index in [-0.39, 0.29) is 17.4 Å². The molecule has 1 aliphatic rings. The van der Waals surface area contributed by atoms with Gasteiger partial charge in [-0.25, -0.2) is 4.98 Å². The fourth-order valence-corrected chi connectivity index (χ4v) is 4.26. The van der Waals surface area contributed by atoms with Crippen LogP contribution in [0.3, 0.4) is 0 Å². The van der Waals surface area contributed by atoms with Gasteiger partial charge in [0.1, 0.15) is 5.82 Å². The van der Waals surface area contributed by atoms with Gasteiger partial charge < -0.3 is 9.47 Å². The van der Waals surface area contributed by atoms with Crippen LogP contribution in [0.15, 0.2) is 54.6 Å². The molecular formula is C24H29N3O. The average Bonchev–Trinajstić information content (AvgIpc) is 3.23. The van der Waals surface area contributed by atoms with E-state index in [1.165, 1.54) is 11.1 Å². The maximum Gasteiger partial charge on any atom is 0.223 e.